The van der Waals surface area contributed by atoms with E-state index in [-0.39, 0.29) is 0 Å². The van der Waals surface area contributed by atoms with E-state index in [1.165, 1.54) is 16.7 Å². The van der Waals surface area contributed by atoms with Gasteiger partial charge in [-0.2, -0.15) is 0 Å². The van der Waals surface area contributed by atoms with E-state index in [2.05, 4.69) is 47.1 Å². The normalized spacial score (nSPS) is 10.5. The van der Waals surface area contributed by atoms with Crippen LogP contribution in [0, 0.1) is 6.92 Å². The molecule has 0 radical (unpaired) electrons. The molecule has 116 valence electrons. The molecule has 0 fully saturated rings. The minimum Gasteiger partial charge on any atom is -0.348 e. The first-order chi connectivity index (χ1) is 11.2. The van der Waals surface area contributed by atoms with E-state index >= 15 is 0 Å². The molecule has 0 aliphatic rings. The predicted octanol–water partition coefficient (Wildman–Crippen LogP) is 5.25. The van der Waals surface area contributed by atoms with Crippen molar-refractivity contribution < 1.29 is 0 Å². The zero-order valence-corrected chi connectivity index (χ0v) is 13.9. The van der Waals surface area contributed by atoms with Gasteiger partial charge in [0.05, 0.1) is 0 Å². The lowest BCUT2D eigenvalue weighted by molar-refractivity contribution is 0.783. The van der Waals surface area contributed by atoms with Crippen LogP contribution in [0.4, 0.5) is 5.82 Å². The first kappa shape index (κ1) is 15.6. The third-order valence-corrected chi connectivity index (χ3v) is 3.93. The van der Waals surface area contributed by atoms with Crippen molar-refractivity contribution in [2.45, 2.75) is 20.0 Å². The van der Waals surface area contributed by atoms with E-state index in [1.807, 2.05) is 42.6 Å². The van der Waals surface area contributed by atoms with Crippen LogP contribution in [0.25, 0.3) is 0 Å². The highest BCUT2D eigenvalue weighted by atomic mass is 35.5. The lowest BCUT2D eigenvalue weighted by Crippen LogP contribution is -2.23. The molecule has 23 heavy (non-hydrogen) atoms. The Kier molecular flexibility index (Phi) is 4.94. The second-order valence-electron chi connectivity index (χ2n) is 5.66. The highest BCUT2D eigenvalue weighted by Gasteiger charge is 2.10. The van der Waals surface area contributed by atoms with Crippen molar-refractivity contribution in [3.63, 3.8) is 0 Å². The summed E-state index contributed by atoms with van der Waals surface area (Å²) in [4.78, 5) is 6.77. The van der Waals surface area contributed by atoms with Crippen LogP contribution in [-0.4, -0.2) is 4.98 Å². The quantitative estimate of drug-likeness (QED) is 0.637. The molecule has 0 saturated heterocycles. The van der Waals surface area contributed by atoms with Gasteiger partial charge in [0.25, 0.3) is 0 Å². The van der Waals surface area contributed by atoms with Gasteiger partial charge in [0, 0.05) is 24.3 Å². The van der Waals surface area contributed by atoms with E-state index in [0.29, 0.717) is 0 Å². The van der Waals surface area contributed by atoms with Crippen LogP contribution in [0.1, 0.15) is 16.7 Å². The standard InChI is InChI=1S/C20H19ClN2/c1-16-6-4-7-17(12-16)14-23(20-10-2-3-11-22-20)15-18-8-5-9-19(21)13-18/h2-13H,14-15H2,1H3. The lowest BCUT2D eigenvalue weighted by Gasteiger charge is -2.24. The van der Waals surface area contributed by atoms with Gasteiger partial charge in [0.2, 0.25) is 0 Å². The molecule has 0 bridgehead atoms. The zero-order valence-electron chi connectivity index (χ0n) is 13.1. The molecule has 3 rings (SSSR count). The lowest BCUT2D eigenvalue weighted by atomic mass is 10.1. The highest BCUT2D eigenvalue weighted by Crippen LogP contribution is 2.20. The fourth-order valence-corrected chi connectivity index (χ4v) is 2.86. The molecule has 0 spiro atoms. The molecule has 0 aliphatic carbocycles. The number of hydrogen-bond acceptors (Lipinski definition) is 2. The Morgan fingerprint density at radius 2 is 1.61 bits per heavy atom. The van der Waals surface area contributed by atoms with Gasteiger partial charge in [-0.25, -0.2) is 4.98 Å². The van der Waals surface area contributed by atoms with Gasteiger partial charge >= 0.3 is 0 Å². The number of nitrogens with zero attached hydrogens (tertiary/aromatic N) is 2. The van der Waals surface area contributed by atoms with Gasteiger partial charge < -0.3 is 4.90 Å². The first-order valence-electron chi connectivity index (χ1n) is 7.67. The minimum absolute atomic E-state index is 0.763. The molecular weight excluding hydrogens is 304 g/mol. The van der Waals surface area contributed by atoms with Crippen LogP contribution >= 0.6 is 11.6 Å². The molecule has 0 atom stereocenters. The highest BCUT2D eigenvalue weighted by molar-refractivity contribution is 6.30. The smallest absolute Gasteiger partial charge is 0.129 e. The summed E-state index contributed by atoms with van der Waals surface area (Å²) in [5, 5.41) is 0.763. The van der Waals surface area contributed by atoms with Gasteiger partial charge in [0.1, 0.15) is 5.82 Å². The largest absolute Gasteiger partial charge is 0.348 e. The Morgan fingerprint density at radius 1 is 0.870 bits per heavy atom. The average Bonchev–Trinajstić information content (AvgIpc) is 2.55. The fourth-order valence-electron chi connectivity index (χ4n) is 2.65. The average molecular weight is 323 g/mol. The second-order valence-corrected chi connectivity index (χ2v) is 6.10. The topological polar surface area (TPSA) is 16.1 Å². The third-order valence-electron chi connectivity index (χ3n) is 3.69. The maximum atomic E-state index is 6.12. The van der Waals surface area contributed by atoms with Crippen molar-refractivity contribution in [2.24, 2.45) is 0 Å². The molecular formula is C20H19ClN2. The Balaban J connectivity index is 1.87. The number of halogens is 1. The van der Waals surface area contributed by atoms with E-state index in [9.17, 15) is 0 Å². The summed E-state index contributed by atoms with van der Waals surface area (Å²) in [6, 6.07) is 22.6. The number of rotatable bonds is 5. The summed E-state index contributed by atoms with van der Waals surface area (Å²) in [7, 11) is 0. The SMILES string of the molecule is Cc1cccc(CN(Cc2cccc(Cl)c2)c2ccccn2)c1. The summed E-state index contributed by atoms with van der Waals surface area (Å²) in [6.07, 6.45) is 1.83. The zero-order chi connectivity index (χ0) is 16.1. The van der Waals surface area contributed by atoms with E-state index in [1.54, 1.807) is 0 Å². The Labute approximate surface area is 142 Å². The van der Waals surface area contributed by atoms with Crippen molar-refractivity contribution >= 4 is 17.4 Å². The molecule has 2 aromatic carbocycles. The van der Waals surface area contributed by atoms with Crippen LogP contribution in [0.2, 0.25) is 5.02 Å². The Hall–Kier alpha value is -2.32. The van der Waals surface area contributed by atoms with E-state index in [4.69, 9.17) is 11.6 Å². The Bertz CT molecular complexity index is 724. The summed E-state index contributed by atoms with van der Waals surface area (Å²) < 4.78 is 0. The molecule has 0 saturated carbocycles. The number of aryl methyl sites for hydroxylation is 1. The number of pyridine rings is 1. The van der Waals surface area contributed by atoms with Gasteiger partial charge in [-0.05, 0) is 42.3 Å². The Morgan fingerprint density at radius 3 is 2.26 bits per heavy atom. The van der Waals surface area contributed by atoms with Crippen molar-refractivity contribution in [3.05, 3.63) is 94.6 Å². The van der Waals surface area contributed by atoms with Crippen LogP contribution in [0.15, 0.2) is 72.9 Å². The number of hydrogen-bond donors (Lipinski definition) is 0. The molecule has 0 unspecified atom stereocenters. The van der Waals surface area contributed by atoms with E-state index < -0.39 is 0 Å². The van der Waals surface area contributed by atoms with Crippen LogP contribution in [-0.2, 0) is 13.1 Å². The first-order valence-corrected chi connectivity index (χ1v) is 8.04. The molecule has 1 aromatic heterocycles. The molecule has 3 aromatic rings. The van der Waals surface area contributed by atoms with E-state index in [0.717, 1.165) is 23.9 Å². The number of aromatic nitrogens is 1. The summed E-state index contributed by atoms with van der Waals surface area (Å²) in [5.74, 6) is 0.967. The van der Waals surface area contributed by atoms with Gasteiger partial charge in [-0.1, -0.05) is 59.6 Å². The number of anilines is 1. The third kappa shape index (κ3) is 4.33. The number of benzene rings is 2. The van der Waals surface area contributed by atoms with Crippen LogP contribution in [0.3, 0.4) is 0 Å². The molecule has 0 aliphatic heterocycles. The fraction of sp³-hybridized carbons (Fsp3) is 0.150. The maximum absolute atomic E-state index is 6.12. The van der Waals surface area contributed by atoms with Gasteiger partial charge in [-0.15, -0.1) is 0 Å². The molecule has 0 N–H and O–H groups in total. The molecule has 1 heterocycles. The molecule has 2 nitrogen and oxygen atoms in total. The summed E-state index contributed by atoms with van der Waals surface area (Å²) in [6.45, 7) is 3.70. The predicted molar refractivity (Wildman–Crippen MR) is 96.8 cm³/mol. The van der Waals surface area contributed by atoms with Crippen molar-refractivity contribution in [2.75, 3.05) is 4.90 Å². The minimum atomic E-state index is 0.763. The summed E-state index contributed by atoms with van der Waals surface area (Å²) >= 11 is 6.12. The van der Waals surface area contributed by atoms with Crippen molar-refractivity contribution in [3.8, 4) is 0 Å². The van der Waals surface area contributed by atoms with Crippen LogP contribution < -0.4 is 4.90 Å². The monoisotopic (exact) mass is 322 g/mol. The second kappa shape index (κ2) is 7.30. The molecule has 3 heteroatoms. The van der Waals surface area contributed by atoms with Gasteiger partial charge in [-0.3, -0.25) is 0 Å². The van der Waals surface area contributed by atoms with Crippen molar-refractivity contribution in [1.82, 2.24) is 4.98 Å². The van der Waals surface area contributed by atoms with Crippen LogP contribution in [0.5, 0.6) is 0 Å². The maximum Gasteiger partial charge on any atom is 0.129 e. The van der Waals surface area contributed by atoms with Gasteiger partial charge in [0.15, 0.2) is 0 Å². The molecule has 0 amide bonds. The summed E-state index contributed by atoms with van der Waals surface area (Å²) in [5.41, 5.74) is 3.72. The van der Waals surface area contributed by atoms with Crippen molar-refractivity contribution in [1.29, 1.82) is 0 Å².